The maximum atomic E-state index is 14.0. The van der Waals surface area contributed by atoms with E-state index in [0.717, 1.165) is 25.5 Å². The first-order valence-electron chi connectivity index (χ1n) is 14.0. The molecule has 1 fully saturated rings. The third-order valence-electron chi connectivity index (χ3n) is 8.07. The number of nitrogens with one attached hydrogen (secondary N) is 2. The highest BCUT2D eigenvalue weighted by molar-refractivity contribution is 9.11. The van der Waals surface area contributed by atoms with Crippen LogP contribution in [0.4, 0.5) is 9.59 Å². The molecule has 12 nitrogen and oxygen atoms in total. The summed E-state index contributed by atoms with van der Waals surface area (Å²) in [6.45, 7) is 5.03. The van der Waals surface area contributed by atoms with Gasteiger partial charge in [0.2, 0.25) is 12.7 Å². The van der Waals surface area contributed by atoms with Crippen molar-refractivity contribution in [2.75, 3.05) is 27.1 Å². The molecule has 0 aliphatic carbocycles. The van der Waals surface area contributed by atoms with E-state index in [-0.39, 0.29) is 37.9 Å². The van der Waals surface area contributed by atoms with Crippen molar-refractivity contribution in [2.45, 2.75) is 39.0 Å². The molecule has 7 rings (SSSR count). The summed E-state index contributed by atoms with van der Waals surface area (Å²) in [7, 11) is 1.26. The van der Waals surface area contributed by atoms with Crippen LogP contribution in [-0.2, 0) is 22.6 Å². The van der Waals surface area contributed by atoms with Gasteiger partial charge in [0, 0.05) is 28.7 Å². The Balaban J connectivity index is 1.16. The van der Waals surface area contributed by atoms with E-state index in [4.69, 9.17) is 19.2 Å². The SMILES string of the molecule is COC(=O)N[C@@H](C(=O)N1CN(C(=O)N2Cc3cc4c(cc3C2)OCO4)CC1c1nc(-c2cc3sc(Br)cc3s2)c[nH]1)C(C)C. The third-order valence-corrected chi connectivity index (χ3v) is 10.9. The Hall–Kier alpha value is -3.82. The number of thiophene rings is 2. The van der Waals surface area contributed by atoms with Crippen molar-refractivity contribution in [1.29, 1.82) is 0 Å². The molecule has 3 aliphatic rings. The number of amides is 4. The number of methoxy groups -OCH3 is 1. The zero-order chi connectivity index (χ0) is 30.7. The molecule has 0 spiro atoms. The number of imidazole rings is 1. The van der Waals surface area contributed by atoms with Gasteiger partial charge in [-0.15, -0.1) is 22.7 Å². The number of fused-ring (bicyclic) bond motifs is 3. The summed E-state index contributed by atoms with van der Waals surface area (Å²) in [5.74, 6) is 1.39. The molecule has 0 saturated carbocycles. The highest BCUT2D eigenvalue weighted by Crippen LogP contribution is 2.41. The predicted molar refractivity (Wildman–Crippen MR) is 168 cm³/mol. The number of aromatic nitrogens is 2. The van der Waals surface area contributed by atoms with Crippen LogP contribution < -0.4 is 14.8 Å². The fourth-order valence-corrected chi connectivity index (χ4v) is 8.80. The second kappa shape index (κ2) is 11.3. The molecule has 15 heteroatoms. The maximum absolute atomic E-state index is 14.0. The Morgan fingerprint density at radius 1 is 1.07 bits per heavy atom. The molecule has 0 bridgehead atoms. The molecule has 3 aliphatic heterocycles. The molecule has 4 aromatic rings. The van der Waals surface area contributed by atoms with Crippen LogP contribution in [-0.4, -0.2) is 75.9 Å². The second-order valence-electron chi connectivity index (χ2n) is 11.2. The van der Waals surface area contributed by atoms with Gasteiger partial charge in [-0.1, -0.05) is 13.8 Å². The van der Waals surface area contributed by atoms with Crippen molar-refractivity contribution in [3.63, 3.8) is 0 Å². The largest absolute Gasteiger partial charge is 0.454 e. The van der Waals surface area contributed by atoms with Crippen molar-refractivity contribution < 1.29 is 28.6 Å². The van der Waals surface area contributed by atoms with E-state index in [0.29, 0.717) is 30.4 Å². The van der Waals surface area contributed by atoms with Crippen molar-refractivity contribution >= 4 is 66.0 Å². The molecule has 4 amide bonds. The molecular formula is C29H29BrN6O6S2. The molecule has 2 N–H and O–H groups in total. The number of benzene rings is 1. The van der Waals surface area contributed by atoms with Gasteiger partial charge in [0.05, 0.1) is 34.7 Å². The first-order chi connectivity index (χ1) is 21.2. The Kier molecular flexibility index (Phi) is 7.41. The van der Waals surface area contributed by atoms with Gasteiger partial charge in [0.25, 0.3) is 0 Å². The van der Waals surface area contributed by atoms with Gasteiger partial charge in [0.15, 0.2) is 11.5 Å². The molecule has 44 heavy (non-hydrogen) atoms. The number of ether oxygens (including phenoxy) is 3. The summed E-state index contributed by atoms with van der Waals surface area (Å²) in [6.07, 6.45) is 1.14. The van der Waals surface area contributed by atoms with E-state index < -0.39 is 18.2 Å². The first kappa shape index (κ1) is 28.9. The Bertz CT molecular complexity index is 1720. The number of hydrogen-bond donors (Lipinski definition) is 2. The number of aromatic amines is 1. The van der Waals surface area contributed by atoms with Crippen LogP contribution in [0, 0.1) is 5.92 Å². The molecule has 3 aromatic heterocycles. The van der Waals surface area contributed by atoms with Crippen LogP contribution in [0.2, 0.25) is 0 Å². The number of halogens is 1. The monoisotopic (exact) mass is 700 g/mol. The highest BCUT2D eigenvalue weighted by Gasteiger charge is 2.44. The minimum absolute atomic E-state index is 0.0444. The maximum Gasteiger partial charge on any atom is 0.407 e. The number of alkyl carbamates (subject to hydrolysis) is 1. The fourth-order valence-electron chi connectivity index (χ4n) is 5.81. The number of carbonyl (C=O) groups is 3. The topological polar surface area (TPSA) is 129 Å². The van der Waals surface area contributed by atoms with Crippen LogP contribution >= 0.6 is 38.6 Å². The van der Waals surface area contributed by atoms with Crippen LogP contribution in [0.5, 0.6) is 11.5 Å². The summed E-state index contributed by atoms with van der Waals surface area (Å²) in [5, 5.41) is 2.67. The molecule has 2 atom stereocenters. The van der Waals surface area contributed by atoms with Crippen molar-refractivity contribution in [3.8, 4) is 22.1 Å². The summed E-state index contributed by atoms with van der Waals surface area (Å²) < 4.78 is 19.2. The number of carbonyl (C=O) groups excluding carboxylic acids is 3. The zero-order valence-corrected chi connectivity index (χ0v) is 27.3. The minimum Gasteiger partial charge on any atom is -0.454 e. The third kappa shape index (κ3) is 5.16. The molecule has 1 aromatic carbocycles. The van der Waals surface area contributed by atoms with E-state index in [1.807, 2.05) is 32.2 Å². The van der Waals surface area contributed by atoms with Crippen molar-refractivity contribution in [1.82, 2.24) is 30.0 Å². The molecule has 0 radical (unpaired) electrons. The number of urea groups is 1. The van der Waals surface area contributed by atoms with Crippen LogP contribution in [0.1, 0.15) is 36.8 Å². The minimum atomic E-state index is -0.851. The Labute approximate surface area is 269 Å². The van der Waals surface area contributed by atoms with Crippen LogP contribution in [0.3, 0.4) is 0 Å². The standard InChI is InChI=1S/C29H29BrN6O6S2/c1-14(2)25(33-28(38)40-3)27(37)36-12-35(29(39)34-9-15-4-19-20(42-13-41-19)5-16(15)10-34)11-18(36)26-31-8-17(32-26)21-6-22-23(43-21)7-24(30)44-22/h4-8,14,18,25H,9-13H2,1-3H3,(H,31,32)(H,33,38)/t18?,25-/m1/s1. The van der Waals surface area contributed by atoms with Crippen molar-refractivity contribution in [3.05, 3.63) is 51.2 Å². The fraction of sp³-hybridized carbons (Fsp3) is 0.379. The smallest absolute Gasteiger partial charge is 0.407 e. The lowest BCUT2D eigenvalue weighted by Gasteiger charge is -2.29. The molecule has 1 unspecified atom stereocenters. The lowest BCUT2D eigenvalue weighted by atomic mass is 10.0. The van der Waals surface area contributed by atoms with Gasteiger partial charge >= 0.3 is 12.1 Å². The molecule has 1 saturated heterocycles. The lowest BCUT2D eigenvalue weighted by Crippen LogP contribution is -2.52. The summed E-state index contributed by atoms with van der Waals surface area (Å²) in [6, 6.07) is 6.46. The van der Waals surface area contributed by atoms with E-state index in [1.165, 1.54) is 16.5 Å². The molecule has 6 heterocycles. The van der Waals surface area contributed by atoms with Crippen LogP contribution in [0.25, 0.3) is 20.0 Å². The van der Waals surface area contributed by atoms with Crippen LogP contribution in [0.15, 0.2) is 34.2 Å². The summed E-state index contributed by atoms with van der Waals surface area (Å²) >= 11 is 6.85. The van der Waals surface area contributed by atoms with Crippen molar-refractivity contribution in [2.24, 2.45) is 5.92 Å². The molecule has 230 valence electrons. The Morgan fingerprint density at radius 3 is 2.43 bits per heavy atom. The second-order valence-corrected chi connectivity index (χ2v) is 14.8. The predicted octanol–water partition coefficient (Wildman–Crippen LogP) is 5.50. The molecular weight excluding hydrogens is 672 g/mol. The van der Waals surface area contributed by atoms with E-state index >= 15 is 0 Å². The van der Waals surface area contributed by atoms with Gasteiger partial charge in [-0.2, -0.15) is 0 Å². The summed E-state index contributed by atoms with van der Waals surface area (Å²) in [5.41, 5.74) is 2.78. The van der Waals surface area contributed by atoms with E-state index in [2.05, 4.69) is 38.4 Å². The van der Waals surface area contributed by atoms with Gasteiger partial charge in [-0.3, -0.25) is 4.79 Å². The van der Waals surface area contributed by atoms with E-state index in [9.17, 15) is 14.4 Å². The zero-order valence-electron chi connectivity index (χ0n) is 24.1. The normalized spacial score (nSPS) is 17.9. The van der Waals surface area contributed by atoms with Gasteiger partial charge in [-0.25, -0.2) is 14.6 Å². The highest BCUT2D eigenvalue weighted by atomic mass is 79.9. The lowest BCUT2D eigenvalue weighted by molar-refractivity contribution is -0.135. The first-order valence-corrected chi connectivity index (χ1v) is 16.5. The van der Waals surface area contributed by atoms with Gasteiger partial charge < -0.3 is 39.2 Å². The average Bonchev–Trinajstić information content (AvgIpc) is 3.82. The average molecular weight is 702 g/mol. The number of nitrogens with zero attached hydrogens (tertiary/aromatic N) is 4. The van der Waals surface area contributed by atoms with Gasteiger partial charge in [-0.05, 0) is 57.2 Å². The number of H-pyrrole nitrogens is 1. The quantitative estimate of drug-likeness (QED) is 0.281. The van der Waals surface area contributed by atoms with E-state index in [1.54, 1.807) is 37.4 Å². The summed E-state index contributed by atoms with van der Waals surface area (Å²) in [4.78, 5) is 54.3. The van der Waals surface area contributed by atoms with Gasteiger partial charge in [0.1, 0.15) is 17.9 Å². The number of rotatable bonds is 5. The number of hydrogen-bond acceptors (Lipinski definition) is 9. The Morgan fingerprint density at radius 2 is 1.77 bits per heavy atom.